The number of piperidine rings is 1. The number of para-hydroxylation sites is 2. The number of nitrogens with zero attached hydrogens (tertiary/aromatic N) is 7. The number of imide groups is 1. The molecule has 57 heavy (non-hydrogen) atoms. The monoisotopic (exact) mass is 826 g/mol. The quantitative estimate of drug-likeness (QED) is 0.0779. The molecule has 5 heterocycles. The van der Waals surface area contributed by atoms with E-state index in [0.717, 1.165) is 42.7 Å². The SMILES string of the molecule is Nc1nnc(-c2ccccc2OCOP(=O)(O)O)cc1-n1cc(N2CCN(C3CCC(c4cccc5c4OCCN5[C@H]4CCC(=O)NC4=O)CC3)CC2=O)cn1.[K]. The molecular formula is C37H42KN9O9P. The van der Waals surface area contributed by atoms with Crippen LogP contribution in [0.1, 0.15) is 50.0 Å². The van der Waals surface area contributed by atoms with Crippen LogP contribution in [0.2, 0.25) is 0 Å². The number of hydrogen-bond donors (Lipinski definition) is 4. The molecule has 3 fully saturated rings. The van der Waals surface area contributed by atoms with Gasteiger partial charge >= 0.3 is 7.82 Å². The standard InChI is InChI=1S/C37H42N9O9P.K/c38-36-31(18-28(41-42-36)27-4-1-2-7-32(27)54-22-55-56(50,51)52)46-20-25(19-39-46)44-15-14-43(21-34(44)48)24-10-8-23(9-11-24)26-5-3-6-29-35(26)53-17-16-45(29)30-12-13-33(47)40-37(30)49;/h1-7,18-20,23-24,30H,8-17,21-22H2,(H2,38,42)(H,40,47,49)(H2,50,51,52);/t23?,24?,30-;/m0./s1. The van der Waals surface area contributed by atoms with E-state index in [4.69, 9.17) is 25.0 Å². The van der Waals surface area contributed by atoms with Crippen LogP contribution in [-0.4, -0.2) is 155 Å². The smallest absolute Gasteiger partial charge is 0.472 e. The molecule has 3 amide bonds. The molecule has 3 aliphatic heterocycles. The number of carbonyl (C=O) groups is 3. The topological polar surface area (TPSA) is 228 Å². The van der Waals surface area contributed by atoms with Crippen LogP contribution in [-0.2, 0) is 23.5 Å². The maximum Gasteiger partial charge on any atom is 0.472 e. The number of phosphoric acid groups is 1. The predicted molar refractivity (Wildman–Crippen MR) is 208 cm³/mol. The second kappa shape index (κ2) is 17.6. The van der Waals surface area contributed by atoms with Gasteiger partial charge in [0.1, 0.15) is 29.8 Å². The Balaban J connectivity index is 0.00000496. The largest absolute Gasteiger partial charge is 0.489 e. The normalized spacial score (nSPS) is 21.6. The molecule has 1 aliphatic carbocycles. The summed E-state index contributed by atoms with van der Waals surface area (Å²) >= 11 is 0. The van der Waals surface area contributed by atoms with Crippen molar-refractivity contribution in [2.45, 2.75) is 56.5 Å². The Bertz CT molecular complexity index is 2190. The number of hydrogen-bond acceptors (Lipinski definition) is 13. The van der Waals surface area contributed by atoms with Crippen molar-refractivity contribution < 1.29 is 42.7 Å². The molecule has 0 bridgehead atoms. The zero-order valence-corrected chi connectivity index (χ0v) is 35.4. The van der Waals surface area contributed by atoms with E-state index in [0.29, 0.717) is 67.6 Å². The van der Waals surface area contributed by atoms with Crippen LogP contribution < -0.4 is 30.3 Å². The number of fused-ring (bicyclic) bond motifs is 1. The number of nitrogens with one attached hydrogen (secondary N) is 1. The molecule has 0 unspecified atom stereocenters. The number of nitrogen functional groups attached to an aromatic ring is 1. The molecule has 18 nitrogen and oxygen atoms in total. The maximum absolute atomic E-state index is 13.6. The van der Waals surface area contributed by atoms with Gasteiger partial charge in [-0.2, -0.15) is 5.10 Å². The summed E-state index contributed by atoms with van der Waals surface area (Å²) < 4.78 is 28.7. The van der Waals surface area contributed by atoms with E-state index in [1.807, 2.05) is 12.1 Å². The van der Waals surface area contributed by atoms with Crippen molar-refractivity contribution in [3.8, 4) is 28.4 Å². The van der Waals surface area contributed by atoms with E-state index in [1.165, 1.54) is 4.68 Å². The molecule has 20 heteroatoms. The zero-order valence-electron chi connectivity index (χ0n) is 31.4. The summed E-state index contributed by atoms with van der Waals surface area (Å²) in [7, 11) is -4.73. The van der Waals surface area contributed by atoms with Crippen LogP contribution in [0.25, 0.3) is 16.9 Å². The minimum atomic E-state index is -4.73. The number of amides is 3. The molecule has 5 N–H and O–H groups in total. The van der Waals surface area contributed by atoms with Crippen molar-refractivity contribution >= 4 is 94.1 Å². The molecule has 2 aromatic carbocycles. The number of nitrogens with two attached hydrogens (primary N) is 1. The Morgan fingerprint density at radius 2 is 1.77 bits per heavy atom. The van der Waals surface area contributed by atoms with Crippen LogP contribution in [0, 0.1) is 0 Å². The van der Waals surface area contributed by atoms with Gasteiger partial charge in [0.2, 0.25) is 17.7 Å². The molecular weight excluding hydrogens is 785 g/mol. The van der Waals surface area contributed by atoms with E-state index in [2.05, 4.69) is 41.0 Å². The first-order valence-corrected chi connectivity index (χ1v) is 20.1. The molecule has 8 rings (SSSR count). The van der Waals surface area contributed by atoms with Gasteiger partial charge in [-0.3, -0.25) is 24.6 Å². The fraction of sp³-hybridized carbons (Fsp3) is 0.405. The molecule has 2 saturated heterocycles. The molecule has 4 aliphatic rings. The van der Waals surface area contributed by atoms with Gasteiger partial charge < -0.3 is 34.8 Å². The fourth-order valence-corrected chi connectivity index (χ4v) is 8.39. The van der Waals surface area contributed by atoms with Crippen molar-refractivity contribution in [1.29, 1.82) is 0 Å². The van der Waals surface area contributed by atoms with E-state index in [-0.39, 0.29) is 93.3 Å². The first kappa shape index (κ1) is 41.4. The van der Waals surface area contributed by atoms with E-state index in [9.17, 15) is 18.9 Å². The van der Waals surface area contributed by atoms with Gasteiger partial charge in [-0.15, -0.1) is 10.2 Å². The van der Waals surface area contributed by atoms with Crippen molar-refractivity contribution in [1.82, 2.24) is 30.2 Å². The number of anilines is 3. The number of piperazine rings is 1. The van der Waals surface area contributed by atoms with E-state index < -0.39 is 20.7 Å². The molecule has 1 radical (unpaired) electrons. The van der Waals surface area contributed by atoms with Crippen LogP contribution in [0.3, 0.4) is 0 Å². The molecule has 1 atom stereocenters. The van der Waals surface area contributed by atoms with Gasteiger partial charge in [-0.1, -0.05) is 24.3 Å². The average Bonchev–Trinajstić information content (AvgIpc) is 3.67. The molecule has 0 spiro atoms. The van der Waals surface area contributed by atoms with Gasteiger partial charge in [-0.05, 0) is 67.9 Å². The Labute approximate surface area is 370 Å². The second-order valence-electron chi connectivity index (χ2n) is 14.2. The molecule has 2 aromatic heterocycles. The third-order valence-electron chi connectivity index (χ3n) is 10.9. The Morgan fingerprint density at radius 1 is 0.965 bits per heavy atom. The van der Waals surface area contributed by atoms with Crippen molar-refractivity contribution in [3.05, 3.63) is 66.5 Å². The van der Waals surface area contributed by atoms with E-state index in [1.54, 1.807) is 47.6 Å². The maximum atomic E-state index is 13.6. The zero-order chi connectivity index (χ0) is 39.0. The van der Waals surface area contributed by atoms with Crippen molar-refractivity contribution in [2.75, 3.05) is 55.1 Å². The number of rotatable bonds is 10. The molecule has 295 valence electrons. The number of phosphoric ester groups is 1. The minimum absolute atomic E-state index is 0. The summed E-state index contributed by atoms with van der Waals surface area (Å²) in [5.74, 6) is 0.988. The number of carbonyl (C=O) groups excluding carboxylic acids is 3. The summed E-state index contributed by atoms with van der Waals surface area (Å²) in [6.45, 7) is 1.88. The Kier molecular flexibility index (Phi) is 12.8. The van der Waals surface area contributed by atoms with Crippen molar-refractivity contribution in [2.24, 2.45) is 0 Å². The van der Waals surface area contributed by atoms with Crippen LogP contribution >= 0.6 is 7.82 Å². The first-order chi connectivity index (χ1) is 27.0. The fourth-order valence-electron chi connectivity index (χ4n) is 8.20. The van der Waals surface area contributed by atoms with E-state index >= 15 is 0 Å². The van der Waals surface area contributed by atoms with Gasteiger partial charge in [0.15, 0.2) is 12.6 Å². The van der Waals surface area contributed by atoms with Gasteiger partial charge in [-0.25, -0.2) is 13.8 Å². The summed E-state index contributed by atoms with van der Waals surface area (Å²) in [6.07, 6.45) is 7.93. The minimum Gasteiger partial charge on any atom is -0.489 e. The Morgan fingerprint density at radius 3 is 2.54 bits per heavy atom. The molecule has 4 aromatic rings. The summed E-state index contributed by atoms with van der Waals surface area (Å²) in [5, 5.41) is 15.3. The third kappa shape index (κ3) is 9.12. The first-order valence-electron chi connectivity index (χ1n) is 18.5. The van der Waals surface area contributed by atoms with Gasteiger partial charge in [0.25, 0.3) is 0 Å². The summed E-state index contributed by atoms with van der Waals surface area (Å²) in [6, 6.07) is 14.4. The average molecular weight is 827 g/mol. The summed E-state index contributed by atoms with van der Waals surface area (Å²) in [5.41, 5.74) is 10.2. The van der Waals surface area contributed by atoms with Crippen LogP contribution in [0.5, 0.6) is 11.5 Å². The van der Waals surface area contributed by atoms with Crippen LogP contribution in [0.15, 0.2) is 60.9 Å². The predicted octanol–water partition coefficient (Wildman–Crippen LogP) is 2.36. The number of benzene rings is 2. The second-order valence-corrected chi connectivity index (χ2v) is 15.5. The van der Waals surface area contributed by atoms with Gasteiger partial charge in [0, 0.05) is 82.5 Å². The molecule has 1 saturated carbocycles. The number of ether oxygens (including phenoxy) is 2. The third-order valence-corrected chi connectivity index (χ3v) is 11.4. The summed E-state index contributed by atoms with van der Waals surface area (Å²) in [4.78, 5) is 62.2. The number of aromatic nitrogens is 4. The van der Waals surface area contributed by atoms with Crippen molar-refractivity contribution in [3.63, 3.8) is 0 Å². The Hall–Kier alpha value is -3.75. The van der Waals surface area contributed by atoms with Gasteiger partial charge in [0.05, 0.1) is 42.6 Å². The van der Waals surface area contributed by atoms with Crippen LogP contribution in [0.4, 0.5) is 17.2 Å².